The molecule has 0 fully saturated rings. The van der Waals surface area contributed by atoms with Crippen LogP contribution in [0.15, 0.2) is 29.1 Å². The number of hydrogen-bond donors (Lipinski definition) is 2. The average Bonchev–Trinajstić information content (AvgIpc) is 2.41. The van der Waals surface area contributed by atoms with Crippen LogP contribution in [0.2, 0.25) is 0 Å². The van der Waals surface area contributed by atoms with E-state index in [1.54, 1.807) is 0 Å². The van der Waals surface area contributed by atoms with Crippen LogP contribution in [0.1, 0.15) is 30.5 Å². The van der Waals surface area contributed by atoms with E-state index in [0.717, 1.165) is 11.3 Å². The Morgan fingerprint density at radius 3 is 2.60 bits per heavy atom. The highest BCUT2D eigenvalue weighted by Gasteiger charge is 2.07. The lowest BCUT2D eigenvalue weighted by Crippen LogP contribution is -2.26. The van der Waals surface area contributed by atoms with Gasteiger partial charge in [0, 0.05) is 23.7 Å². The molecule has 0 saturated heterocycles. The molecule has 1 heterocycles. The largest absolute Gasteiger partial charge is 0.310 e. The maximum Gasteiger partial charge on any atom is 0.268 e. The van der Waals surface area contributed by atoms with E-state index < -0.39 is 0 Å². The molecule has 1 aromatic carbocycles. The second kappa shape index (κ2) is 6.01. The highest BCUT2D eigenvalue weighted by Crippen LogP contribution is 2.19. The first-order valence-corrected chi connectivity index (χ1v) is 6.87. The van der Waals surface area contributed by atoms with Crippen LogP contribution in [-0.4, -0.2) is 16.2 Å². The minimum absolute atomic E-state index is 0.134. The molecular weight excluding hydrogens is 250 g/mol. The Hall–Kier alpha value is -1.94. The van der Waals surface area contributed by atoms with Crippen molar-refractivity contribution in [3.8, 4) is 11.3 Å². The molecule has 20 heavy (non-hydrogen) atoms. The summed E-state index contributed by atoms with van der Waals surface area (Å²) >= 11 is 0. The van der Waals surface area contributed by atoms with Gasteiger partial charge in [0.2, 0.25) is 0 Å². The van der Waals surface area contributed by atoms with Gasteiger partial charge in [0.25, 0.3) is 5.56 Å². The third-order valence-electron chi connectivity index (χ3n) is 3.38. The summed E-state index contributed by atoms with van der Waals surface area (Å²) in [6.07, 6.45) is 0. The zero-order valence-corrected chi connectivity index (χ0v) is 12.4. The first-order chi connectivity index (χ1) is 9.47. The number of benzene rings is 1. The molecule has 0 aliphatic carbocycles. The van der Waals surface area contributed by atoms with Gasteiger partial charge in [0.15, 0.2) is 0 Å². The number of aromatic amines is 1. The summed E-state index contributed by atoms with van der Waals surface area (Å²) in [6, 6.07) is 8.40. The van der Waals surface area contributed by atoms with Gasteiger partial charge >= 0.3 is 0 Å². The van der Waals surface area contributed by atoms with Crippen LogP contribution >= 0.6 is 0 Å². The number of rotatable bonds is 4. The van der Waals surface area contributed by atoms with Crippen molar-refractivity contribution < 1.29 is 0 Å². The van der Waals surface area contributed by atoms with E-state index in [1.165, 1.54) is 11.1 Å². The lowest BCUT2D eigenvalue weighted by Gasteiger charge is -2.09. The predicted molar refractivity (Wildman–Crippen MR) is 81.7 cm³/mol. The van der Waals surface area contributed by atoms with Gasteiger partial charge in [-0.1, -0.05) is 26.0 Å². The van der Waals surface area contributed by atoms with Gasteiger partial charge < -0.3 is 5.32 Å². The van der Waals surface area contributed by atoms with Gasteiger partial charge in [-0.2, -0.15) is 5.10 Å². The second-order valence-corrected chi connectivity index (χ2v) is 5.44. The van der Waals surface area contributed by atoms with Crippen molar-refractivity contribution in [1.82, 2.24) is 15.5 Å². The van der Waals surface area contributed by atoms with Crippen molar-refractivity contribution in [3.05, 3.63) is 51.3 Å². The van der Waals surface area contributed by atoms with Crippen molar-refractivity contribution in [2.75, 3.05) is 0 Å². The number of aryl methyl sites for hydroxylation is 2. The molecule has 4 heteroatoms. The van der Waals surface area contributed by atoms with Crippen LogP contribution in [0.25, 0.3) is 11.3 Å². The molecule has 0 unspecified atom stereocenters. The van der Waals surface area contributed by atoms with Crippen molar-refractivity contribution in [3.63, 3.8) is 0 Å². The van der Waals surface area contributed by atoms with Crippen LogP contribution < -0.4 is 10.9 Å². The Kier molecular flexibility index (Phi) is 4.35. The quantitative estimate of drug-likeness (QED) is 0.898. The molecule has 0 radical (unpaired) electrons. The molecule has 0 bridgehead atoms. The number of nitrogens with one attached hydrogen (secondary N) is 2. The monoisotopic (exact) mass is 271 g/mol. The smallest absolute Gasteiger partial charge is 0.268 e. The molecule has 0 spiro atoms. The summed E-state index contributed by atoms with van der Waals surface area (Å²) in [5, 5.41) is 9.98. The van der Waals surface area contributed by atoms with Crippen LogP contribution in [0.3, 0.4) is 0 Å². The van der Waals surface area contributed by atoms with E-state index in [4.69, 9.17) is 0 Å². The maximum atomic E-state index is 11.8. The number of aromatic nitrogens is 2. The highest BCUT2D eigenvalue weighted by atomic mass is 16.1. The predicted octanol–water partition coefficient (Wildman–Crippen LogP) is 2.55. The molecule has 2 N–H and O–H groups in total. The van der Waals surface area contributed by atoms with E-state index in [9.17, 15) is 4.79 Å². The van der Waals surface area contributed by atoms with Crippen LogP contribution in [0.5, 0.6) is 0 Å². The van der Waals surface area contributed by atoms with Crippen LogP contribution in [0, 0.1) is 13.8 Å². The van der Waals surface area contributed by atoms with Gasteiger partial charge in [-0.05, 0) is 37.1 Å². The van der Waals surface area contributed by atoms with Crippen molar-refractivity contribution in [2.45, 2.75) is 40.3 Å². The summed E-state index contributed by atoms with van der Waals surface area (Å²) in [7, 11) is 0. The molecule has 0 aliphatic rings. The molecular formula is C16H21N3O. The van der Waals surface area contributed by atoms with Crippen molar-refractivity contribution in [1.29, 1.82) is 0 Å². The Labute approximate surface area is 119 Å². The van der Waals surface area contributed by atoms with Gasteiger partial charge in [0.05, 0.1) is 5.69 Å². The van der Waals surface area contributed by atoms with E-state index in [2.05, 4.69) is 55.3 Å². The SMILES string of the molecule is Cc1ccc(-c2cc(CNC(C)C)c(=O)[nH]n2)cc1C. The first kappa shape index (κ1) is 14.5. The van der Waals surface area contributed by atoms with Gasteiger partial charge in [-0.25, -0.2) is 5.10 Å². The van der Waals surface area contributed by atoms with Crippen molar-refractivity contribution >= 4 is 0 Å². The molecule has 2 aromatic rings. The molecule has 0 amide bonds. The summed E-state index contributed by atoms with van der Waals surface area (Å²) < 4.78 is 0. The van der Waals surface area contributed by atoms with E-state index in [1.807, 2.05) is 12.1 Å². The molecule has 0 aliphatic heterocycles. The van der Waals surface area contributed by atoms with Crippen LogP contribution in [-0.2, 0) is 6.54 Å². The maximum absolute atomic E-state index is 11.8. The minimum Gasteiger partial charge on any atom is -0.310 e. The second-order valence-electron chi connectivity index (χ2n) is 5.44. The fraction of sp³-hybridized carbons (Fsp3) is 0.375. The first-order valence-electron chi connectivity index (χ1n) is 6.87. The topological polar surface area (TPSA) is 57.8 Å². The van der Waals surface area contributed by atoms with Gasteiger partial charge in [-0.15, -0.1) is 0 Å². The third kappa shape index (κ3) is 3.33. The fourth-order valence-electron chi connectivity index (χ4n) is 1.94. The molecule has 0 saturated carbocycles. The van der Waals surface area contributed by atoms with Crippen molar-refractivity contribution in [2.24, 2.45) is 0 Å². The number of nitrogens with zero attached hydrogens (tertiary/aromatic N) is 1. The van der Waals surface area contributed by atoms with Gasteiger partial charge in [-0.3, -0.25) is 4.79 Å². The standard InChI is InChI=1S/C16H21N3O/c1-10(2)17-9-14-8-15(18-19-16(14)20)13-6-5-11(3)12(4)7-13/h5-8,10,17H,9H2,1-4H3,(H,19,20). The normalized spacial score (nSPS) is 11.1. The summed E-state index contributed by atoms with van der Waals surface area (Å²) in [5.41, 5.74) is 4.87. The molecule has 1 aromatic heterocycles. The number of hydrogen-bond acceptors (Lipinski definition) is 3. The molecule has 4 nitrogen and oxygen atoms in total. The van der Waals surface area contributed by atoms with E-state index in [0.29, 0.717) is 18.2 Å². The zero-order valence-electron chi connectivity index (χ0n) is 12.4. The van der Waals surface area contributed by atoms with Gasteiger partial charge in [0.1, 0.15) is 0 Å². The lowest BCUT2D eigenvalue weighted by atomic mass is 10.0. The molecule has 2 rings (SSSR count). The third-order valence-corrected chi connectivity index (χ3v) is 3.38. The summed E-state index contributed by atoms with van der Waals surface area (Å²) in [4.78, 5) is 11.8. The zero-order chi connectivity index (χ0) is 14.7. The molecule has 106 valence electrons. The Morgan fingerprint density at radius 2 is 1.95 bits per heavy atom. The Bertz CT molecular complexity index is 659. The average molecular weight is 271 g/mol. The minimum atomic E-state index is -0.134. The van der Waals surface area contributed by atoms with Crippen LogP contribution in [0.4, 0.5) is 0 Å². The lowest BCUT2D eigenvalue weighted by molar-refractivity contribution is 0.585. The molecule has 0 atom stereocenters. The number of H-pyrrole nitrogens is 1. The highest BCUT2D eigenvalue weighted by molar-refractivity contribution is 5.60. The summed E-state index contributed by atoms with van der Waals surface area (Å²) in [6.45, 7) is 8.82. The Morgan fingerprint density at radius 1 is 1.20 bits per heavy atom. The van der Waals surface area contributed by atoms with E-state index >= 15 is 0 Å². The summed E-state index contributed by atoms with van der Waals surface area (Å²) in [5.74, 6) is 0. The fourth-order valence-corrected chi connectivity index (χ4v) is 1.94. The Balaban J connectivity index is 2.35. The van der Waals surface area contributed by atoms with E-state index in [-0.39, 0.29) is 5.56 Å².